The minimum atomic E-state index is -0.447. The number of hydrogen-bond acceptors (Lipinski definition) is 4. The van der Waals surface area contributed by atoms with E-state index in [9.17, 15) is 9.50 Å². The van der Waals surface area contributed by atoms with Gasteiger partial charge in [-0.25, -0.2) is 9.37 Å². The molecule has 2 aromatic rings. The molecule has 0 amide bonds. The van der Waals surface area contributed by atoms with E-state index in [1.807, 2.05) is 6.92 Å². The first-order valence-electron chi connectivity index (χ1n) is 5.17. The summed E-state index contributed by atoms with van der Waals surface area (Å²) in [6.45, 7) is 1.77. The molecule has 0 spiro atoms. The minimum absolute atomic E-state index is 0.0651. The molecule has 1 aliphatic rings. The van der Waals surface area contributed by atoms with Crippen molar-refractivity contribution >= 4 is 33.2 Å². The van der Waals surface area contributed by atoms with Crippen LogP contribution in [0.4, 0.5) is 4.39 Å². The number of aliphatic hydroxyl groups is 1. The van der Waals surface area contributed by atoms with Gasteiger partial charge in [0, 0.05) is 17.5 Å². The number of aromatic nitrogens is 1. The summed E-state index contributed by atoms with van der Waals surface area (Å²) in [5.74, 6) is -0.286. The largest absolute Gasteiger partial charge is 0.484 e. The summed E-state index contributed by atoms with van der Waals surface area (Å²) in [6, 6.07) is 1.32. The van der Waals surface area contributed by atoms with Crippen molar-refractivity contribution in [3.8, 4) is 5.75 Å². The summed E-state index contributed by atoms with van der Waals surface area (Å²) in [7, 11) is 0. The second-order valence-electron chi connectivity index (χ2n) is 4.04. The molecule has 17 heavy (non-hydrogen) atoms. The SMILES string of the molecule is C[C@H]1c2c(c(F)cc3nc(Cl)sc23)OC1CO. The fourth-order valence-electron chi connectivity index (χ4n) is 2.18. The molecule has 1 aromatic heterocycles. The van der Waals surface area contributed by atoms with Gasteiger partial charge in [0.1, 0.15) is 6.10 Å². The summed E-state index contributed by atoms with van der Waals surface area (Å²) in [4.78, 5) is 4.06. The average molecular weight is 274 g/mol. The second kappa shape index (κ2) is 3.80. The lowest BCUT2D eigenvalue weighted by Crippen LogP contribution is -2.21. The van der Waals surface area contributed by atoms with E-state index in [0.29, 0.717) is 9.98 Å². The molecule has 1 unspecified atom stereocenters. The highest BCUT2D eigenvalue weighted by Crippen LogP contribution is 2.46. The molecular weight excluding hydrogens is 265 g/mol. The highest BCUT2D eigenvalue weighted by atomic mass is 35.5. The van der Waals surface area contributed by atoms with Gasteiger partial charge in [-0.1, -0.05) is 18.5 Å². The van der Waals surface area contributed by atoms with Crippen molar-refractivity contribution in [3.63, 3.8) is 0 Å². The van der Waals surface area contributed by atoms with Crippen LogP contribution in [0.2, 0.25) is 4.47 Å². The predicted octanol–water partition coefficient (Wildman–Crippen LogP) is 2.95. The molecule has 0 aliphatic carbocycles. The third-order valence-corrected chi connectivity index (χ3v) is 4.27. The van der Waals surface area contributed by atoms with E-state index in [4.69, 9.17) is 16.3 Å². The smallest absolute Gasteiger partial charge is 0.184 e. The predicted molar refractivity (Wildman–Crippen MR) is 64.5 cm³/mol. The molecule has 1 aromatic carbocycles. The summed E-state index contributed by atoms with van der Waals surface area (Å²) in [5.41, 5.74) is 1.31. The lowest BCUT2D eigenvalue weighted by molar-refractivity contribution is 0.117. The van der Waals surface area contributed by atoms with Crippen LogP contribution in [0.3, 0.4) is 0 Å². The Morgan fingerprint density at radius 3 is 3.12 bits per heavy atom. The summed E-state index contributed by atoms with van der Waals surface area (Å²) in [5, 5.41) is 9.19. The molecule has 6 heteroatoms. The molecule has 1 aliphatic heterocycles. The Labute approximate surface area is 106 Å². The van der Waals surface area contributed by atoms with Gasteiger partial charge in [-0.2, -0.15) is 0 Å². The Bertz CT molecular complexity index is 601. The lowest BCUT2D eigenvalue weighted by atomic mass is 9.97. The van der Waals surface area contributed by atoms with Crippen molar-refractivity contribution in [3.05, 3.63) is 21.9 Å². The van der Waals surface area contributed by atoms with Crippen LogP contribution < -0.4 is 4.74 Å². The number of fused-ring (bicyclic) bond motifs is 3. The van der Waals surface area contributed by atoms with Gasteiger partial charge in [0.15, 0.2) is 16.0 Å². The maximum atomic E-state index is 13.8. The first kappa shape index (κ1) is 11.2. The van der Waals surface area contributed by atoms with Crippen LogP contribution in [0.5, 0.6) is 5.75 Å². The van der Waals surface area contributed by atoms with Crippen molar-refractivity contribution in [1.82, 2.24) is 4.98 Å². The van der Waals surface area contributed by atoms with Gasteiger partial charge >= 0.3 is 0 Å². The van der Waals surface area contributed by atoms with Gasteiger partial charge in [-0.3, -0.25) is 0 Å². The maximum absolute atomic E-state index is 13.8. The van der Waals surface area contributed by atoms with Crippen LogP contribution in [-0.2, 0) is 0 Å². The van der Waals surface area contributed by atoms with Gasteiger partial charge in [0.25, 0.3) is 0 Å². The van der Waals surface area contributed by atoms with Crippen LogP contribution in [0.15, 0.2) is 6.07 Å². The first-order valence-corrected chi connectivity index (χ1v) is 6.37. The van der Waals surface area contributed by atoms with Crippen LogP contribution in [0, 0.1) is 5.82 Å². The van der Waals surface area contributed by atoms with Crippen LogP contribution in [0.1, 0.15) is 18.4 Å². The Hall–Kier alpha value is -0.910. The summed E-state index contributed by atoms with van der Waals surface area (Å²) < 4.78 is 20.5. The number of ether oxygens (including phenoxy) is 1. The topological polar surface area (TPSA) is 42.4 Å². The second-order valence-corrected chi connectivity index (χ2v) is 5.63. The molecule has 90 valence electrons. The van der Waals surface area contributed by atoms with E-state index in [-0.39, 0.29) is 18.3 Å². The molecule has 0 radical (unpaired) electrons. The van der Waals surface area contributed by atoms with E-state index in [0.717, 1.165) is 10.3 Å². The Morgan fingerprint density at radius 1 is 1.65 bits per heavy atom. The van der Waals surface area contributed by atoms with Crippen molar-refractivity contribution < 1.29 is 14.2 Å². The third-order valence-electron chi connectivity index (χ3n) is 3.06. The summed E-state index contributed by atoms with van der Waals surface area (Å²) >= 11 is 7.16. The number of thiazole rings is 1. The normalized spacial score (nSPS) is 22.8. The maximum Gasteiger partial charge on any atom is 0.184 e. The number of aliphatic hydroxyl groups excluding tert-OH is 1. The average Bonchev–Trinajstić information content (AvgIpc) is 2.79. The zero-order valence-corrected chi connectivity index (χ0v) is 10.5. The molecule has 0 saturated heterocycles. The zero-order valence-electron chi connectivity index (χ0n) is 8.91. The molecule has 3 nitrogen and oxygen atoms in total. The Balaban J connectivity index is 2.31. The Morgan fingerprint density at radius 2 is 2.41 bits per heavy atom. The fourth-order valence-corrected chi connectivity index (χ4v) is 3.41. The van der Waals surface area contributed by atoms with E-state index >= 15 is 0 Å². The molecule has 0 bridgehead atoms. The summed E-state index contributed by atoms with van der Waals surface area (Å²) in [6.07, 6.45) is -0.397. The molecule has 0 fully saturated rings. The van der Waals surface area contributed by atoms with E-state index in [2.05, 4.69) is 4.98 Å². The zero-order chi connectivity index (χ0) is 12.2. The highest BCUT2D eigenvalue weighted by Gasteiger charge is 2.35. The molecule has 0 saturated carbocycles. The van der Waals surface area contributed by atoms with E-state index in [1.54, 1.807) is 0 Å². The van der Waals surface area contributed by atoms with Gasteiger partial charge < -0.3 is 9.84 Å². The van der Waals surface area contributed by atoms with Crippen LogP contribution in [-0.4, -0.2) is 22.8 Å². The lowest BCUT2D eigenvalue weighted by Gasteiger charge is -2.10. The number of nitrogens with zero attached hydrogens (tertiary/aromatic N) is 1. The molecule has 2 heterocycles. The molecule has 1 N–H and O–H groups in total. The van der Waals surface area contributed by atoms with Crippen molar-refractivity contribution in [2.45, 2.75) is 18.9 Å². The van der Waals surface area contributed by atoms with E-state index < -0.39 is 11.9 Å². The minimum Gasteiger partial charge on any atom is -0.484 e. The van der Waals surface area contributed by atoms with Crippen molar-refractivity contribution in [2.75, 3.05) is 6.61 Å². The molecule has 2 atom stereocenters. The number of hydrogen-bond donors (Lipinski definition) is 1. The molecule has 3 rings (SSSR count). The van der Waals surface area contributed by atoms with Crippen molar-refractivity contribution in [1.29, 1.82) is 0 Å². The quantitative estimate of drug-likeness (QED) is 0.869. The third kappa shape index (κ3) is 1.53. The van der Waals surface area contributed by atoms with Gasteiger partial charge in [-0.15, -0.1) is 11.3 Å². The Kier molecular flexibility index (Phi) is 2.50. The van der Waals surface area contributed by atoms with Gasteiger partial charge in [-0.05, 0) is 0 Å². The highest BCUT2D eigenvalue weighted by molar-refractivity contribution is 7.22. The molecular formula is C11H9ClFNO2S. The van der Waals surface area contributed by atoms with Gasteiger partial charge in [0.2, 0.25) is 0 Å². The number of rotatable bonds is 1. The first-order chi connectivity index (χ1) is 8.11. The van der Waals surface area contributed by atoms with Crippen LogP contribution >= 0.6 is 22.9 Å². The number of benzene rings is 1. The van der Waals surface area contributed by atoms with Crippen LogP contribution in [0.25, 0.3) is 10.2 Å². The standard InChI is InChI=1S/C11H9ClFNO2S/c1-4-7(3-15)16-9-5(13)2-6-10(8(4)9)17-11(12)14-6/h2,4,7,15H,3H2,1H3/t4-,7?/m1/s1. The van der Waals surface area contributed by atoms with Crippen molar-refractivity contribution in [2.24, 2.45) is 0 Å². The van der Waals surface area contributed by atoms with Gasteiger partial charge in [0.05, 0.1) is 16.8 Å². The fraction of sp³-hybridized carbons (Fsp3) is 0.364. The number of halogens is 2. The van der Waals surface area contributed by atoms with E-state index in [1.165, 1.54) is 17.4 Å². The monoisotopic (exact) mass is 273 g/mol.